The molecule has 1 aromatic carbocycles. The van der Waals surface area contributed by atoms with Crippen LogP contribution in [0.15, 0.2) is 47.9 Å². The van der Waals surface area contributed by atoms with Gasteiger partial charge in [-0.05, 0) is 18.1 Å². The molecule has 2 heterocycles. The van der Waals surface area contributed by atoms with Gasteiger partial charge in [0.1, 0.15) is 0 Å². The Bertz CT molecular complexity index is 1080. The summed E-state index contributed by atoms with van der Waals surface area (Å²) < 4.78 is 1.93. The van der Waals surface area contributed by atoms with Crippen LogP contribution < -0.4 is 0 Å². The van der Waals surface area contributed by atoms with Crippen molar-refractivity contribution >= 4 is 17.4 Å². The number of hydrogen-bond acceptors (Lipinski definition) is 6. The molecule has 0 aliphatic rings. The number of nitro benzene ring substituents is 1. The highest BCUT2D eigenvalue weighted by atomic mass is 32.2. The summed E-state index contributed by atoms with van der Waals surface area (Å²) in [6.45, 7) is 2.20. The molecule has 0 amide bonds. The minimum Gasteiger partial charge on any atom is -0.305 e. The molecule has 2 aromatic heterocycles. The standard InChI is InChI=1S/C23H25N5O2S/c1-3-4-5-6-7-8-9-19-14-20(16-24-15-19)22-25-26-23(27(22)2)31-17-18-10-12-21(13-11-18)28(29)30/h10-16H,3-7,17H2,1-2H3. The molecule has 0 spiro atoms. The number of pyridine rings is 1. The Morgan fingerprint density at radius 1 is 1.13 bits per heavy atom. The maximum atomic E-state index is 10.8. The molecule has 0 radical (unpaired) electrons. The third-order valence-electron chi connectivity index (χ3n) is 4.73. The molecule has 0 aliphatic heterocycles. The fraction of sp³-hybridized carbons (Fsp3) is 0.348. The topological polar surface area (TPSA) is 86.7 Å². The normalized spacial score (nSPS) is 10.5. The Morgan fingerprint density at radius 3 is 2.68 bits per heavy atom. The second-order valence-electron chi connectivity index (χ2n) is 7.15. The van der Waals surface area contributed by atoms with Gasteiger partial charge >= 0.3 is 0 Å². The van der Waals surface area contributed by atoms with Crippen LogP contribution in [0.2, 0.25) is 0 Å². The number of unbranched alkanes of at least 4 members (excludes halogenated alkanes) is 4. The molecule has 0 fully saturated rings. The Kier molecular flexibility index (Phi) is 8.19. The molecule has 0 unspecified atom stereocenters. The van der Waals surface area contributed by atoms with Gasteiger partial charge in [0.2, 0.25) is 0 Å². The van der Waals surface area contributed by atoms with E-state index in [1.807, 2.05) is 17.7 Å². The van der Waals surface area contributed by atoms with Crippen molar-refractivity contribution < 1.29 is 4.92 Å². The monoisotopic (exact) mass is 435 g/mol. The SMILES string of the molecule is CCCCCCC#Cc1cncc(-c2nnc(SCc3ccc([N+](=O)[O-])cc3)n2C)c1. The minimum absolute atomic E-state index is 0.0890. The van der Waals surface area contributed by atoms with Crippen LogP contribution in [0, 0.1) is 22.0 Å². The van der Waals surface area contributed by atoms with Crippen LogP contribution in [0.4, 0.5) is 5.69 Å². The van der Waals surface area contributed by atoms with E-state index in [-0.39, 0.29) is 5.69 Å². The number of nitro groups is 1. The molecule has 0 aliphatic carbocycles. The van der Waals surface area contributed by atoms with Crippen molar-refractivity contribution in [2.24, 2.45) is 7.05 Å². The molecule has 160 valence electrons. The quantitative estimate of drug-likeness (QED) is 0.147. The Morgan fingerprint density at radius 2 is 1.94 bits per heavy atom. The molecular weight excluding hydrogens is 410 g/mol. The first-order chi connectivity index (χ1) is 15.1. The summed E-state index contributed by atoms with van der Waals surface area (Å²) >= 11 is 1.53. The van der Waals surface area contributed by atoms with E-state index < -0.39 is 4.92 Å². The van der Waals surface area contributed by atoms with E-state index in [4.69, 9.17) is 0 Å². The van der Waals surface area contributed by atoms with Gasteiger partial charge < -0.3 is 4.57 Å². The first-order valence-electron chi connectivity index (χ1n) is 10.3. The van der Waals surface area contributed by atoms with Crippen LogP contribution in [-0.2, 0) is 12.8 Å². The third-order valence-corrected chi connectivity index (χ3v) is 5.83. The molecule has 31 heavy (non-hydrogen) atoms. The van der Waals surface area contributed by atoms with E-state index in [0.29, 0.717) is 5.75 Å². The van der Waals surface area contributed by atoms with Crippen LogP contribution in [0.1, 0.15) is 50.2 Å². The average molecular weight is 436 g/mol. The van der Waals surface area contributed by atoms with Gasteiger partial charge in [-0.1, -0.05) is 61.9 Å². The van der Waals surface area contributed by atoms with Gasteiger partial charge in [0, 0.05) is 54.9 Å². The van der Waals surface area contributed by atoms with Crippen molar-refractivity contribution in [3.8, 4) is 23.2 Å². The van der Waals surface area contributed by atoms with Gasteiger partial charge in [0.25, 0.3) is 5.69 Å². The number of non-ortho nitro benzene ring substituents is 1. The Labute approximate surface area is 186 Å². The van der Waals surface area contributed by atoms with E-state index in [1.165, 1.54) is 43.2 Å². The van der Waals surface area contributed by atoms with Gasteiger partial charge in [-0.2, -0.15) is 0 Å². The second-order valence-corrected chi connectivity index (χ2v) is 8.09. The number of aromatic nitrogens is 4. The second kappa shape index (κ2) is 11.3. The third kappa shape index (κ3) is 6.40. The highest BCUT2D eigenvalue weighted by molar-refractivity contribution is 7.98. The van der Waals surface area contributed by atoms with Crippen molar-refractivity contribution in [2.75, 3.05) is 0 Å². The van der Waals surface area contributed by atoms with Gasteiger partial charge in [0.05, 0.1) is 4.92 Å². The van der Waals surface area contributed by atoms with Crippen molar-refractivity contribution in [3.05, 3.63) is 64.0 Å². The number of rotatable bonds is 9. The van der Waals surface area contributed by atoms with Crippen molar-refractivity contribution in [1.82, 2.24) is 19.7 Å². The van der Waals surface area contributed by atoms with Gasteiger partial charge in [0.15, 0.2) is 11.0 Å². The van der Waals surface area contributed by atoms with Crippen molar-refractivity contribution in [3.63, 3.8) is 0 Å². The molecule has 8 heteroatoms. The molecule has 0 bridgehead atoms. The summed E-state index contributed by atoms with van der Waals surface area (Å²) in [4.78, 5) is 14.7. The zero-order valence-electron chi connectivity index (χ0n) is 17.7. The minimum atomic E-state index is -0.398. The predicted molar refractivity (Wildman–Crippen MR) is 123 cm³/mol. The van der Waals surface area contributed by atoms with Crippen molar-refractivity contribution in [2.45, 2.75) is 49.9 Å². The lowest BCUT2D eigenvalue weighted by atomic mass is 10.1. The Hall–Kier alpha value is -3.18. The van der Waals surface area contributed by atoms with Gasteiger partial charge in [-0.15, -0.1) is 10.2 Å². The molecule has 3 rings (SSSR count). The fourth-order valence-electron chi connectivity index (χ4n) is 2.99. The van der Waals surface area contributed by atoms with Crippen LogP contribution >= 0.6 is 11.8 Å². The molecule has 0 saturated heterocycles. The molecule has 7 nitrogen and oxygen atoms in total. The molecule has 0 atom stereocenters. The summed E-state index contributed by atoms with van der Waals surface area (Å²) in [6.07, 6.45) is 9.28. The molecular formula is C23H25N5O2S. The van der Waals surface area contributed by atoms with Crippen molar-refractivity contribution in [1.29, 1.82) is 0 Å². The maximum absolute atomic E-state index is 10.8. The first kappa shape index (κ1) is 22.5. The number of thioether (sulfide) groups is 1. The maximum Gasteiger partial charge on any atom is 0.269 e. The average Bonchev–Trinajstić information content (AvgIpc) is 3.15. The van der Waals surface area contributed by atoms with Gasteiger partial charge in [-0.3, -0.25) is 15.1 Å². The fourth-order valence-corrected chi connectivity index (χ4v) is 3.86. The largest absolute Gasteiger partial charge is 0.305 e. The first-order valence-corrected chi connectivity index (χ1v) is 11.3. The number of benzene rings is 1. The zero-order chi connectivity index (χ0) is 22.1. The smallest absolute Gasteiger partial charge is 0.269 e. The summed E-state index contributed by atoms with van der Waals surface area (Å²) in [5.74, 6) is 7.80. The highest BCUT2D eigenvalue weighted by Crippen LogP contribution is 2.26. The molecule has 0 N–H and O–H groups in total. The summed E-state index contributed by atoms with van der Waals surface area (Å²) in [6, 6.07) is 8.54. The van der Waals surface area contributed by atoms with E-state index in [2.05, 4.69) is 33.9 Å². The number of nitrogens with zero attached hydrogens (tertiary/aromatic N) is 5. The predicted octanol–water partition coefficient (Wildman–Crippen LogP) is 5.40. The van der Waals surface area contributed by atoms with Crippen LogP contribution in [0.5, 0.6) is 0 Å². The van der Waals surface area contributed by atoms with Crippen LogP contribution in [0.3, 0.4) is 0 Å². The summed E-state index contributed by atoms with van der Waals surface area (Å²) in [5, 5.41) is 20.2. The summed E-state index contributed by atoms with van der Waals surface area (Å²) in [7, 11) is 1.92. The van der Waals surface area contributed by atoms with Crippen LogP contribution in [-0.4, -0.2) is 24.7 Å². The highest BCUT2D eigenvalue weighted by Gasteiger charge is 2.12. The van der Waals surface area contributed by atoms with E-state index in [9.17, 15) is 10.1 Å². The lowest BCUT2D eigenvalue weighted by molar-refractivity contribution is -0.384. The molecule has 0 saturated carbocycles. The lowest BCUT2D eigenvalue weighted by Crippen LogP contribution is -1.96. The Balaban J connectivity index is 1.64. The van der Waals surface area contributed by atoms with E-state index in [1.54, 1.807) is 24.5 Å². The van der Waals surface area contributed by atoms with E-state index >= 15 is 0 Å². The number of hydrogen-bond donors (Lipinski definition) is 0. The summed E-state index contributed by atoms with van der Waals surface area (Å²) in [5.41, 5.74) is 2.82. The van der Waals surface area contributed by atoms with Gasteiger partial charge in [-0.25, -0.2) is 0 Å². The zero-order valence-corrected chi connectivity index (χ0v) is 18.6. The van der Waals surface area contributed by atoms with E-state index in [0.717, 1.165) is 40.5 Å². The van der Waals surface area contributed by atoms with Crippen LogP contribution in [0.25, 0.3) is 11.4 Å². The lowest BCUT2D eigenvalue weighted by Gasteiger charge is -2.04. The molecule has 3 aromatic rings.